The number of aromatic nitrogens is 3. The van der Waals surface area contributed by atoms with Gasteiger partial charge >= 0.3 is 0 Å². The first kappa shape index (κ1) is 13.0. The highest BCUT2D eigenvalue weighted by Crippen LogP contribution is 2.03. The molecule has 2 aromatic heterocycles. The van der Waals surface area contributed by atoms with Gasteiger partial charge in [-0.05, 0) is 13.8 Å². The minimum atomic E-state index is -0.317. The third-order valence-corrected chi connectivity index (χ3v) is 2.29. The summed E-state index contributed by atoms with van der Waals surface area (Å²) in [5.74, 6) is 1.42. The summed E-state index contributed by atoms with van der Waals surface area (Å²) in [5, 5.41) is 5.67. The van der Waals surface area contributed by atoms with Gasteiger partial charge in [-0.15, -0.1) is 0 Å². The van der Waals surface area contributed by atoms with E-state index >= 15 is 0 Å². The van der Waals surface area contributed by atoms with Gasteiger partial charge in [-0.25, -0.2) is 9.97 Å². The Balaban J connectivity index is 1.97. The molecule has 7 nitrogen and oxygen atoms in total. The zero-order chi connectivity index (χ0) is 13.7. The number of rotatable bonds is 5. The Morgan fingerprint density at radius 2 is 2.21 bits per heavy atom. The van der Waals surface area contributed by atoms with Gasteiger partial charge in [0.1, 0.15) is 17.3 Å². The molecule has 2 heterocycles. The van der Waals surface area contributed by atoms with Crippen molar-refractivity contribution in [2.45, 2.75) is 20.4 Å². The number of nitrogens with one attached hydrogen (secondary N) is 2. The van der Waals surface area contributed by atoms with Gasteiger partial charge in [-0.2, -0.15) is 0 Å². The predicted molar refractivity (Wildman–Crippen MR) is 68.6 cm³/mol. The summed E-state index contributed by atoms with van der Waals surface area (Å²) in [5.41, 5.74) is 0.252. The van der Waals surface area contributed by atoms with Crippen molar-refractivity contribution in [2.24, 2.45) is 0 Å². The molecule has 0 saturated carbocycles. The summed E-state index contributed by atoms with van der Waals surface area (Å²) in [6.45, 7) is 4.68. The maximum Gasteiger partial charge on any atom is 0.272 e. The quantitative estimate of drug-likeness (QED) is 0.838. The standard InChI is InChI=1S/C12H15N5O2/c1-3-14-10-6-13-5-9(17-10)12(18)16-7-11-15-4-8(2)19-11/h4-6H,3,7H2,1-2H3,(H,14,17)(H,16,18). The third-order valence-electron chi connectivity index (χ3n) is 2.29. The van der Waals surface area contributed by atoms with Gasteiger partial charge in [0.25, 0.3) is 5.91 Å². The molecule has 0 saturated heterocycles. The normalized spacial score (nSPS) is 10.2. The van der Waals surface area contributed by atoms with Crippen LogP contribution in [0, 0.1) is 6.92 Å². The van der Waals surface area contributed by atoms with Crippen molar-refractivity contribution in [3.05, 3.63) is 35.9 Å². The first-order valence-electron chi connectivity index (χ1n) is 5.94. The van der Waals surface area contributed by atoms with E-state index in [0.717, 1.165) is 6.54 Å². The Morgan fingerprint density at radius 3 is 2.89 bits per heavy atom. The van der Waals surface area contributed by atoms with Crippen LogP contribution in [0.25, 0.3) is 0 Å². The van der Waals surface area contributed by atoms with Gasteiger partial charge in [0.05, 0.1) is 25.1 Å². The smallest absolute Gasteiger partial charge is 0.272 e. The molecule has 100 valence electrons. The number of nitrogens with zero attached hydrogens (tertiary/aromatic N) is 3. The minimum absolute atomic E-state index is 0.222. The van der Waals surface area contributed by atoms with Crippen molar-refractivity contribution in [1.82, 2.24) is 20.3 Å². The van der Waals surface area contributed by atoms with Crippen LogP contribution in [0.4, 0.5) is 5.82 Å². The van der Waals surface area contributed by atoms with E-state index in [-0.39, 0.29) is 18.1 Å². The van der Waals surface area contributed by atoms with Crippen LogP contribution in [0.15, 0.2) is 23.0 Å². The van der Waals surface area contributed by atoms with Gasteiger partial charge in [0.15, 0.2) is 0 Å². The number of amides is 1. The Labute approximate surface area is 110 Å². The maximum atomic E-state index is 11.9. The van der Waals surface area contributed by atoms with Crippen LogP contribution >= 0.6 is 0 Å². The van der Waals surface area contributed by atoms with Gasteiger partial charge in [-0.1, -0.05) is 0 Å². The van der Waals surface area contributed by atoms with Crippen molar-refractivity contribution in [3.63, 3.8) is 0 Å². The molecule has 0 fully saturated rings. The molecule has 0 atom stereocenters. The molecule has 1 amide bonds. The number of hydrogen-bond donors (Lipinski definition) is 2. The summed E-state index contributed by atoms with van der Waals surface area (Å²) in [6.07, 6.45) is 4.59. The number of oxazole rings is 1. The van der Waals surface area contributed by atoms with Gasteiger partial charge in [-0.3, -0.25) is 9.78 Å². The molecule has 19 heavy (non-hydrogen) atoms. The van der Waals surface area contributed by atoms with E-state index in [2.05, 4.69) is 25.6 Å². The molecule has 0 aliphatic heterocycles. The van der Waals surface area contributed by atoms with Gasteiger partial charge in [0.2, 0.25) is 5.89 Å². The summed E-state index contributed by atoms with van der Waals surface area (Å²) in [4.78, 5) is 24.0. The zero-order valence-corrected chi connectivity index (χ0v) is 10.8. The second kappa shape index (κ2) is 5.94. The predicted octanol–water partition coefficient (Wildman–Crippen LogP) is 1.13. The maximum absolute atomic E-state index is 11.9. The average Bonchev–Trinajstić information content (AvgIpc) is 2.82. The SMILES string of the molecule is CCNc1cncc(C(=O)NCc2ncc(C)o2)n1. The second-order valence-corrected chi connectivity index (χ2v) is 3.87. The van der Waals surface area contributed by atoms with E-state index in [1.807, 2.05) is 6.92 Å². The number of aryl methyl sites for hydroxylation is 1. The van der Waals surface area contributed by atoms with E-state index in [1.54, 1.807) is 19.3 Å². The highest BCUT2D eigenvalue weighted by atomic mass is 16.4. The Kier molecular flexibility index (Phi) is 4.07. The van der Waals surface area contributed by atoms with Crippen LogP contribution in [0.5, 0.6) is 0 Å². The highest BCUT2D eigenvalue weighted by Gasteiger charge is 2.10. The topological polar surface area (TPSA) is 92.9 Å². The molecule has 0 aliphatic rings. The number of anilines is 1. The lowest BCUT2D eigenvalue weighted by Gasteiger charge is -2.04. The van der Waals surface area contributed by atoms with E-state index in [0.29, 0.717) is 17.5 Å². The molecule has 0 aromatic carbocycles. The molecule has 0 unspecified atom stereocenters. The molecule has 2 rings (SSSR count). The number of hydrogen-bond acceptors (Lipinski definition) is 6. The van der Waals surface area contributed by atoms with Crippen LogP contribution in [0.3, 0.4) is 0 Å². The van der Waals surface area contributed by atoms with E-state index in [4.69, 9.17) is 4.42 Å². The van der Waals surface area contributed by atoms with Crippen molar-refractivity contribution >= 4 is 11.7 Å². The summed E-state index contributed by atoms with van der Waals surface area (Å²) >= 11 is 0. The third kappa shape index (κ3) is 3.51. The number of carbonyl (C=O) groups excluding carboxylic acids is 1. The molecule has 7 heteroatoms. The van der Waals surface area contributed by atoms with Crippen LogP contribution in [-0.2, 0) is 6.54 Å². The van der Waals surface area contributed by atoms with Gasteiger partial charge < -0.3 is 15.1 Å². The molecule has 0 aliphatic carbocycles. The van der Waals surface area contributed by atoms with Crippen LogP contribution in [0.1, 0.15) is 29.1 Å². The van der Waals surface area contributed by atoms with Crippen molar-refractivity contribution < 1.29 is 9.21 Å². The summed E-state index contributed by atoms with van der Waals surface area (Å²) < 4.78 is 5.26. The Bertz CT molecular complexity index is 567. The fraction of sp³-hybridized carbons (Fsp3) is 0.333. The van der Waals surface area contributed by atoms with E-state index in [1.165, 1.54) is 6.20 Å². The zero-order valence-electron chi connectivity index (χ0n) is 10.8. The van der Waals surface area contributed by atoms with Crippen LogP contribution < -0.4 is 10.6 Å². The molecule has 0 bridgehead atoms. The van der Waals surface area contributed by atoms with E-state index in [9.17, 15) is 4.79 Å². The van der Waals surface area contributed by atoms with Crippen LogP contribution in [-0.4, -0.2) is 27.4 Å². The summed E-state index contributed by atoms with van der Waals surface area (Å²) in [7, 11) is 0. The molecule has 0 radical (unpaired) electrons. The monoisotopic (exact) mass is 261 g/mol. The minimum Gasteiger partial charge on any atom is -0.444 e. The van der Waals surface area contributed by atoms with Crippen molar-refractivity contribution in [1.29, 1.82) is 0 Å². The molecule has 2 aromatic rings. The molecular weight excluding hydrogens is 246 g/mol. The Morgan fingerprint density at radius 1 is 1.37 bits per heavy atom. The molecule has 0 spiro atoms. The lowest BCUT2D eigenvalue weighted by atomic mass is 10.4. The highest BCUT2D eigenvalue weighted by molar-refractivity contribution is 5.92. The fourth-order valence-electron chi connectivity index (χ4n) is 1.47. The Hall–Kier alpha value is -2.44. The lowest BCUT2D eigenvalue weighted by molar-refractivity contribution is 0.0942. The van der Waals surface area contributed by atoms with Crippen molar-refractivity contribution in [2.75, 3.05) is 11.9 Å². The van der Waals surface area contributed by atoms with Crippen LogP contribution in [0.2, 0.25) is 0 Å². The fourth-order valence-corrected chi connectivity index (χ4v) is 1.47. The first-order chi connectivity index (χ1) is 9.19. The first-order valence-corrected chi connectivity index (χ1v) is 5.94. The molecule has 2 N–H and O–H groups in total. The second-order valence-electron chi connectivity index (χ2n) is 3.87. The van der Waals surface area contributed by atoms with Gasteiger partial charge in [0, 0.05) is 6.54 Å². The lowest BCUT2D eigenvalue weighted by Crippen LogP contribution is -2.24. The summed E-state index contributed by atoms with van der Waals surface area (Å²) in [6, 6.07) is 0. The number of carbonyl (C=O) groups is 1. The van der Waals surface area contributed by atoms with E-state index < -0.39 is 0 Å². The average molecular weight is 261 g/mol. The van der Waals surface area contributed by atoms with Crippen molar-refractivity contribution in [3.8, 4) is 0 Å². The largest absolute Gasteiger partial charge is 0.444 e. The molecular formula is C12H15N5O2.